The van der Waals surface area contributed by atoms with Crippen LogP contribution < -0.4 is 10.3 Å². The van der Waals surface area contributed by atoms with Gasteiger partial charge in [-0.05, 0) is 37.3 Å². The zero-order chi connectivity index (χ0) is 14.5. The smallest absolute Gasteiger partial charge is 0.271 e. The summed E-state index contributed by atoms with van der Waals surface area (Å²) in [5.74, 6) is 0.381. The van der Waals surface area contributed by atoms with E-state index < -0.39 is 0 Å². The summed E-state index contributed by atoms with van der Waals surface area (Å²) in [6, 6.07) is 10.9. The molecular formula is C15H17N3O2. The predicted octanol–water partition coefficient (Wildman–Crippen LogP) is 2.50. The second kappa shape index (κ2) is 6.06. The topological polar surface area (TPSA) is 57.8 Å². The Kier molecular flexibility index (Phi) is 4.20. The Morgan fingerprint density at radius 1 is 1.25 bits per heavy atom. The van der Waals surface area contributed by atoms with Crippen molar-refractivity contribution in [1.29, 1.82) is 0 Å². The normalized spacial score (nSPS) is 11.2. The molecule has 0 saturated heterocycles. The molecule has 0 aliphatic heterocycles. The molecule has 2 rings (SSSR count). The first-order chi connectivity index (χ1) is 9.58. The maximum atomic E-state index is 12.0. The highest BCUT2D eigenvalue weighted by Crippen LogP contribution is 2.13. The lowest BCUT2D eigenvalue weighted by atomic mass is 10.2. The van der Waals surface area contributed by atoms with E-state index in [1.165, 1.54) is 0 Å². The molecule has 1 heterocycles. The van der Waals surface area contributed by atoms with Gasteiger partial charge in [0, 0.05) is 25.3 Å². The zero-order valence-corrected chi connectivity index (χ0v) is 11.8. The monoisotopic (exact) mass is 271 g/mol. The van der Waals surface area contributed by atoms with E-state index in [4.69, 9.17) is 4.42 Å². The van der Waals surface area contributed by atoms with Crippen LogP contribution in [-0.4, -0.2) is 25.7 Å². The van der Waals surface area contributed by atoms with E-state index in [1.807, 2.05) is 37.2 Å². The van der Waals surface area contributed by atoms with Crippen molar-refractivity contribution < 1.29 is 9.21 Å². The second-order valence-corrected chi connectivity index (χ2v) is 4.56. The van der Waals surface area contributed by atoms with Crippen molar-refractivity contribution in [3.05, 3.63) is 54.0 Å². The number of hydrogen-bond donors (Lipinski definition) is 1. The first-order valence-electron chi connectivity index (χ1n) is 6.24. The summed E-state index contributed by atoms with van der Waals surface area (Å²) < 4.78 is 5.20. The Balaban J connectivity index is 2.09. The number of carbonyl (C=O) groups is 1. The Morgan fingerprint density at radius 2 is 2.05 bits per heavy atom. The number of carbonyl (C=O) groups excluding carboxylic acids is 1. The summed E-state index contributed by atoms with van der Waals surface area (Å²) in [4.78, 5) is 14.0. The quantitative estimate of drug-likeness (QED) is 0.686. The van der Waals surface area contributed by atoms with Crippen LogP contribution in [0.2, 0.25) is 0 Å². The SMILES string of the molecule is C/C(=N\NC(=O)c1cccc(N(C)C)c1)c1ccco1. The van der Waals surface area contributed by atoms with Crippen LogP contribution in [-0.2, 0) is 0 Å². The second-order valence-electron chi connectivity index (χ2n) is 4.56. The number of hydrazone groups is 1. The minimum Gasteiger partial charge on any atom is -0.463 e. The van der Waals surface area contributed by atoms with E-state index in [2.05, 4.69) is 10.5 Å². The van der Waals surface area contributed by atoms with Crippen LogP contribution in [0.25, 0.3) is 0 Å². The third kappa shape index (κ3) is 3.26. The van der Waals surface area contributed by atoms with Crippen LogP contribution in [0.15, 0.2) is 52.2 Å². The van der Waals surface area contributed by atoms with Crippen LogP contribution in [0.3, 0.4) is 0 Å². The Bertz CT molecular complexity index is 616. The van der Waals surface area contributed by atoms with Crippen LogP contribution in [0, 0.1) is 0 Å². The summed E-state index contributed by atoms with van der Waals surface area (Å²) in [6.07, 6.45) is 1.57. The number of anilines is 1. The van der Waals surface area contributed by atoms with Gasteiger partial charge in [-0.25, -0.2) is 5.43 Å². The number of rotatable bonds is 4. The molecular weight excluding hydrogens is 254 g/mol. The predicted molar refractivity (Wildman–Crippen MR) is 79.2 cm³/mol. The number of benzene rings is 1. The molecule has 0 spiro atoms. The number of nitrogens with zero attached hydrogens (tertiary/aromatic N) is 2. The van der Waals surface area contributed by atoms with Crippen molar-refractivity contribution in [2.75, 3.05) is 19.0 Å². The van der Waals surface area contributed by atoms with Gasteiger partial charge in [-0.3, -0.25) is 4.79 Å². The van der Waals surface area contributed by atoms with Gasteiger partial charge in [0.2, 0.25) is 0 Å². The lowest BCUT2D eigenvalue weighted by Crippen LogP contribution is -2.20. The van der Waals surface area contributed by atoms with Gasteiger partial charge in [-0.1, -0.05) is 6.07 Å². The van der Waals surface area contributed by atoms with Gasteiger partial charge < -0.3 is 9.32 Å². The highest BCUT2D eigenvalue weighted by molar-refractivity contribution is 5.99. The Hall–Kier alpha value is -2.56. The molecule has 0 unspecified atom stereocenters. The summed E-state index contributed by atoms with van der Waals surface area (Å²) in [5, 5.41) is 4.03. The summed E-state index contributed by atoms with van der Waals surface area (Å²) in [5.41, 5.74) is 4.67. The summed E-state index contributed by atoms with van der Waals surface area (Å²) in [7, 11) is 3.85. The number of amides is 1. The van der Waals surface area contributed by atoms with Gasteiger partial charge in [0.1, 0.15) is 11.5 Å². The lowest BCUT2D eigenvalue weighted by molar-refractivity contribution is 0.0955. The highest BCUT2D eigenvalue weighted by Gasteiger charge is 2.07. The van der Waals surface area contributed by atoms with E-state index in [0.29, 0.717) is 17.0 Å². The number of nitrogens with one attached hydrogen (secondary N) is 1. The average molecular weight is 271 g/mol. The molecule has 0 saturated carbocycles. The zero-order valence-electron chi connectivity index (χ0n) is 11.8. The van der Waals surface area contributed by atoms with Gasteiger partial charge in [0.15, 0.2) is 0 Å². The summed E-state index contributed by atoms with van der Waals surface area (Å²) >= 11 is 0. The molecule has 0 fully saturated rings. The molecule has 2 aromatic rings. The van der Waals surface area contributed by atoms with Crippen molar-refractivity contribution in [2.24, 2.45) is 5.10 Å². The Morgan fingerprint density at radius 3 is 2.70 bits per heavy atom. The third-order valence-corrected chi connectivity index (χ3v) is 2.83. The Labute approximate surface area is 117 Å². The molecule has 104 valence electrons. The molecule has 1 N–H and O–H groups in total. The highest BCUT2D eigenvalue weighted by atomic mass is 16.3. The fraction of sp³-hybridized carbons (Fsp3) is 0.200. The van der Waals surface area contributed by atoms with Gasteiger partial charge >= 0.3 is 0 Å². The fourth-order valence-corrected chi connectivity index (χ4v) is 1.66. The molecule has 5 nitrogen and oxygen atoms in total. The largest absolute Gasteiger partial charge is 0.463 e. The van der Waals surface area contributed by atoms with E-state index in [1.54, 1.807) is 31.4 Å². The van der Waals surface area contributed by atoms with Gasteiger partial charge in [0.25, 0.3) is 5.91 Å². The molecule has 20 heavy (non-hydrogen) atoms. The number of furan rings is 1. The maximum Gasteiger partial charge on any atom is 0.271 e. The average Bonchev–Trinajstić information content (AvgIpc) is 2.98. The minimum absolute atomic E-state index is 0.250. The lowest BCUT2D eigenvalue weighted by Gasteiger charge is -2.12. The molecule has 0 aliphatic carbocycles. The van der Waals surface area contributed by atoms with E-state index in [0.717, 1.165) is 5.69 Å². The molecule has 1 amide bonds. The van der Waals surface area contributed by atoms with Crippen molar-refractivity contribution in [2.45, 2.75) is 6.92 Å². The number of hydrogen-bond acceptors (Lipinski definition) is 4. The maximum absolute atomic E-state index is 12.0. The van der Waals surface area contributed by atoms with Crippen LogP contribution in [0.5, 0.6) is 0 Å². The third-order valence-electron chi connectivity index (χ3n) is 2.83. The van der Waals surface area contributed by atoms with E-state index >= 15 is 0 Å². The van der Waals surface area contributed by atoms with Crippen molar-refractivity contribution in [3.63, 3.8) is 0 Å². The van der Waals surface area contributed by atoms with E-state index in [-0.39, 0.29) is 5.91 Å². The molecule has 1 aromatic carbocycles. The van der Waals surface area contributed by atoms with Gasteiger partial charge in [-0.2, -0.15) is 5.10 Å². The molecule has 0 radical (unpaired) electrons. The van der Waals surface area contributed by atoms with Gasteiger partial charge in [0.05, 0.1) is 6.26 Å². The van der Waals surface area contributed by atoms with Crippen molar-refractivity contribution >= 4 is 17.3 Å². The summed E-state index contributed by atoms with van der Waals surface area (Å²) in [6.45, 7) is 1.77. The van der Waals surface area contributed by atoms with Crippen LogP contribution >= 0.6 is 0 Å². The first kappa shape index (κ1) is 13.9. The standard InChI is InChI=1S/C15H17N3O2/c1-11(14-8-5-9-20-14)16-17-15(19)12-6-4-7-13(10-12)18(2)3/h4-10H,1-3H3,(H,17,19)/b16-11+. The molecule has 0 bridgehead atoms. The van der Waals surface area contributed by atoms with E-state index in [9.17, 15) is 4.79 Å². The molecule has 0 aliphatic rings. The first-order valence-corrected chi connectivity index (χ1v) is 6.24. The minimum atomic E-state index is -0.250. The van der Waals surface area contributed by atoms with Crippen molar-refractivity contribution in [3.8, 4) is 0 Å². The molecule has 1 aromatic heterocycles. The van der Waals surface area contributed by atoms with Gasteiger partial charge in [-0.15, -0.1) is 0 Å². The fourth-order valence-electron chi connectivity index (χ4n) is 1.66. The van der Waals surface area contributed by atoms with Crippen LogP contribution in [0.4, 0.5) is 5.69 Å². The van der Waals surface area contributed by atoms with Crippen LogP contribution in [0.1, 0.15) is 23.0 Å². The molecule has 5 heteroatoms. The molecule has 0 atom stereocenters. The van der Waals surface area contributed by atoms with Crippen molar-refractivity contribution in [1.82, 2.24) is 5.43 Å².